The Kier molecular flexibility index (Phi) is 4.06. The van der Waals surface area contributed by atoms with Crippen LogP contribution in [-0.2, 0) is 11.2 Å². The molecule has 0 spiro atoms. The van der Waals surface area contributed by atoms with Crippen molar-refractivity contribution in [3.05, 3.63) is 5.01 Å². The van der Waals surface area contributed by atoms with Crippen LogP contribution in [-0.4, -0.2) is 28.7 Å². The van der Waals surface area contributed by atoms with E-state index in [1.54, 1.807) is 0 Å². The molecular weight excluding hydrogens is 236 g/mol. The quantitative estimate of drug-likeness (QED) is 0.856. The third-order valence-corrected chi connectivity index (χ3v) is 3.96. The zero-order chi connectivity index (χ0) is 12.3. The fourth-order valence-electron chi connectivity index (χ4n) is 1.95. The largest absolute Gasteiger partial charge is 0.306 e. The van der Waals surface area contributed by atoms with Crippen molar-refractivity contribution in [3.8, 4) is 0 Å². The first kappa shape index (κ1) is 12.4. The second kappa shape index (κ2) is 5.55. The SMILES string of the molecule is CCc1nnc(NC(=O)C2CC(C)CCN2)s1. The van der Waals surface area contributed by atoms with E-state index in [4.69, 9.17) is 0 Å². The lowest BCUT2D eigenvalue weighted by Crippen LogP contribution is -2.45. The van der Waals surface area contributed by atoms with Gasteiger partial charge in [0.1, 0.15) is 5.01 Å². The number of nitrogens with zero attached hydrogens (tertiary/aromatic N) is 2. The second-order valence-corrected chi connectivity index (χ2v) is 5.54. The third kappa shape index (κ3) is 3.23. The number of carbonyl (C=O) groups excluding carboxylic acids is 1. The fourth-order valence-corrected chi connectivity index (χ4v) is 2.63. The van der Waals surface area contributed by atoms with Gasteiger partial charge in [0, 0.05) is 0 Å². The average Bonchev–Trinajstić information content (AvgIpc) is 2.77. The van der Waals surface area contributed by atoms with E-state index in [9.17, 15) is 4.79 Å². The molecule has 1 fully saturated rings. The molecule has 0 aromatic carbocycles. The standard InChI is InChI=1S/C11H18N4OS/c1-3-9-14-15-11(17-9)13-10(16)8-6-7(2)4-5-12-8/h7-8,12H,3-6H2,1-2H3,(H,13,15,16). The minimum absolute atomic E-state index is 0.00959. The van der Waals surface area contributed by atoms with E-state index < -0.39 is 0 Å². The number of piperidine rings is 1. The average molecular weight is 254 g/mol. The molecule has 1 amide bonds. The van der Waals surface area contributed by atoms with Crippen LogP contribution in [0.4, 0.5) is 5.13 Å². The molecule has 1 aromatic heterocycles. The smallest absolute Gasteiger partial charge is 0.243 e. The lowest BCUT2D eigenvalue weighted by Gasteiger charge is -2.26. The molecule has 2 atom stereocenters. The van der Waals surface area contributed by atoms with E-state index >= 15 is 0 Å². The number of rotatable bonds is 3. The van der Waals surface area contributed by atoms with Crippen LogP contribution >= 0.6 is 11.3 Å². The second-order valence-electron chi connectivity index (χ2n) is 4.48. The minimum Gasteiger partial charge on any atom is -0.306 e. The van der Waals surface area contributed by atoms with Gasteiger partial charge in [0.05, 0.1) is 6.04 Å². The Labute approximate surface area is 105 Å². The van der Waals surface area contributed by atoms with Crippen LogP contribution in [0.1, 0.15) is 31.7 Å². The van der Waals surface area contributed by atoms with Gasteiger partial charge in [-0.3, -0.25) is 10.1 Å². The van der Waals surface area contributed by atoms with Crippen molar-refractivity contribution in [2.45, 2.75) is 39.2 Å². The molecule has 2 heterocycles. The molecule has 17 heavy (non-hydrogen) atoms. The first-order valence-corrected chi connectivity index (χ1v) is 6.87. The van der Waals surface area contributed by atoms with Gasteiger partial charge >= 0.3 is 0 Å². The first-order chi connectivity index (χ1) is 8.19. The summed E-state index contributed by atoms with van der Waals surface area (Å²) in [6.45, 7) is 5.12. The van der Waals surface area contributed by atoms with Crippen molar-refractivity contribution in [3.63, 3.8) is 0 Å². The van der Waals surface area contributed by atoms with E-state index in [1.807, 2.05) is 6.92 Å². The molecule has 1 aliphatic heterocycles. The zero-order valence-corrected chi connectivity index (χ0v) is 11.0. The van der Waals surface area contributed by atoms with Crippen molar-refractivity contribution in [2.24, 2.45) is 5.92 Å². The summed E-state index contributed by atoms with van der Waals surface area (Å²) in [5, 5.41) is 15.5. The first-order valence-electron chi connectivity index (χ1n) is 6.05. The van der Waals surface area contributed by atoms with Crippen LogP contribution in [0, 0.1) is 5.92 Å². The van der Waals surface area contributed by atoms with Crippen molar-refractivity contribution < 1.29 is 4.79 Å². The normalized spacial score (nSPS) is 24.6. The summed E-state index contributed by atoms with van der Waals surface area (Å²) in [6, 6.07) is -0.0901. The predicted molar refractivity (Wildman–Crippen MR) is 68.1 cm³/mol. The molecule has 94 valence electrons. The zero-order valence-electron chi connectivity index (χ0n) is 10.2. The Balaban J connectivity index is 1.91. The lowest BCUT2D eigenvalue weighted by molar-refractivity contribution is -0.119. The number of aryl methyl sites for hydroxylation is 1. The van der Waals surface area contributed by atoms with Crippen LogP contribution < -0.4 is 10.6 Å². The Morgan fingerprint density at radius 3 is 3.06 bits per heavy atom. The molecule has 2 N–H and O–H groups in total. The maximum Gasteiger partial charge on any atom is 0.243 e. The molecule has 2 unspecified atom stereocenters. The summed E-state index contributed by atoms with van der Waals surface area (Å²) >= 11 is 1.44. The summed E-state index contributed by atoms with van der Waals surface area (Å²) < 4.78 is 0. The Hall–Kier alpha value is -1.01. The molecule has 0 aliphatic carbocycles. The van der Waals surface area contributed by atoms with Gasteiger partial charge in [-0.15, -0.1) is 10.2 Å². The van der Waals surface area contributed by atoms with Gasteiger partial charge in [0.2, 0.25) is 11.0 Å². The van der Waals surface area contributed by atoms with E-state index in [0.29, 0.717) is 11.0 Å². The molecule has 1 aliphatic rings. The van der Waals surface area contributed by atoms with Crippen molar-refractivity contribution in [1.82, 2.24) is 15.5 Å². The number of hydrogen-bond donors (Lipinski definition) is 2. The Morgan fingerprint density at radius 2 is 2.41 bits per heavy atom. The van der Waals surface area contributed by atoms with Crippen LogP contribution in [0.25, 0.3) is 0 Å². The molecule has 0 radical (unpaired) electrons. The highest BCUT2D eigenvalue weighted by molar-refractivity contribution is 7.15. The number of anilines is 1. The molecule has 1 saturated heterocycles. The lowest BCUT2D eigenvalue weighted by atomic mass is 9.94. The summed E-state index contributed by atoms with van der Waals surface area (Å²) in [5.74, 6) is 0.614. The van der Waals surface area contributed by atoms with E-state index in [2.05, 4.69) is 27.8 Å². The molecule has 5 nitrogen and oxygen atoms in total. The monoisotopic (exact) mass is 254 g/mol. The predicted octanol–water partition coefficient (Wildman–Crippen LogP) is 1.43. The summed E-state index contributed by atoms with van der Waals surface area (Å²) in [4.78, 5) is 12.0. The van der Waals surface area contributed by atoms with Crippen molar-refractivity contribution >= 4 is 22.4 Å². The van der Waals surface area contributed by atoms with Crippen LogP contribution in [0.3, 0.4) is 0 Å². The highest BCUT2D eigenvalue weighted by Gasteiger charge is 2.25. The Morgan fingerprint density at radius 1 is 1.59 bits per heavy atom. The highest BCUT2D eigenvalue weighted by atomic mass is 32.1. The molecule has 2 rings (SSSR count). The fraction of sp³-hybridized carbons (Fsp3) is 0.727. The van der Waals surface area contributed by atoms with Crippen LogP contribution in [0.5, 0.6) is 0 Å². The minimum atomic E-state index is -0.0901. The maximum absolute atomic E-state index is 12.0. The molecular formula is C11H18N4OS. The van der Waals surface area contributed by atoms with Crippen LogP contribution in [0.2, 0.25) is 0 Å². The number of carbonyl (C=O) groups is 1. The third-order valence-electron chi connectivity index (χ3n) is 2.98. The number of nitrogens with one attached hydrogen (secondary N) is 2. The Bertz CT molecular complexity index is 393. The van der Waals surface area contributed by atoms with E-state index in [-0.39, 0.29) is 11.9 Å². The molecule has 6 heteroatoms. The van der Waals surface area contributed by atoms with Gasteiger partial charge in [0.25, 0.3) is 0 Å². The molecule has 0 bridgehead atoms. The van der Waals surface area contributed by atoms with E-state index in [1.165, 1.54) is 11.3 Å². The van der Waals surface area contributed by atoms with Gasteiger partial charge in [-0.25, -0.2) is 0 Å². The number of amides is 1. The van der Waals surface area contributed by atoms with Crippen molar-refractivity contribution in [2.75, 3.05) is 11.9 Å². The van der Waals surface area contributed by atoms with Gasteiger partial charge in [0.15, 0.2) is 0 Å². The summed E-state index contributed by atoms with van der Waals surface area (Å²) in [5.41, 5.74) is 0. The van der Waals surface area contributed by atoms with Gasteiger partial charge in [-0.05, 0) is 31.7 Å². The van der Waals surface area contributed by atoms with Crippen LogP contribution in [0.15, 0.2) is 0 Å². The molecule has 1 aromatic rings. The number of aromatic nitrogens is 2. The topological polar surface area (TPSA) is 66.9 Å². The summed E-state index contributed by atoms with van der Waals surface area (Å²) in [6.07, 6.45) is 2.89. The maximum atomic E-state index is 12.0. The van der Waals surface area contributed by atoms with Gasteiger partial charge in [-0.2, -0.15) is 0 Å². The number of hydrogen-bond acceptors (Lipinski definition) is 5. The summed E-state index contributed by atoms with van der Waals surface area (Å²) in [7, 11) is 0. The van der Waals surface area contributed by atoms with E-state index in [0.717, 1.165) is 30.8 Å². The molecule has 0 saturated carbocycles. The van der Waals surface area contributed by atoms with Crippen molar-refractivity contribution in [1.29, 1.82) is 0 Å². The van der Waals surface area contributed by atoms with Gasteiger partial charge < -0.3 is 5.32 Å². The highest BCUT2D eigenvalue weighted by Crippen LogP contribution is 2.19. The van der Waals surface area contributed by atoms with Gasteiger partial charge in [-0.1, -0.05) is 25.2 Å².